The molecule has 0 saturated carbocycles. The Kier molecular flexibility index (Phi) is 10.3. The molecule has 4 rings (SSSR count). The minimum Gasteiger partial charge on any atom is -0.363 e. The first-order chi connectivity index (χ1) is 18.5. The molecule has 0 atom stereocenters. The predicted octanol–water partition coefficient (Wildman–Crippen LogP) is 0.295. The predicted molar refractivity (Wildman–Crippen MR) is 161 cm³/mol. The second-order valence-electron chi connectivity index (χ2n) is 10.6. The lowest BCUT2D eigenvalue weighted by molar-refractivity contribution is -0.129. The summed E-state index contributed by atoms with van der Waals surface area (Å²) in [6, 6.07) is 3.97. The second-order valence-corrected chi connectivity index (χ2v) is 10.6. The SMILES string of the molecule is CC(=O)N1CCN(c2nc(N(C)C)cc(N(C)C)n2)CC1.CN(C)c1cc(N(C)C)nc(N2CCNCC2)n1. The summed E-state index contributed by atoms with van der Waals surface area (Å²) in [5.74, 6) is 5.35. The molecule has 2 saturated heterocycles. The molecular formula is C26H46N12O. The van der Waals surface area contributed by atoms with Crippen molar-refractivity contribution in [3.8, 4) is 0 Å². The average Bonchev–Trinajstić information content (AvgIpc) is 2.93. The van der Waals surface area contributed by atoms with Gasteiger partial charge in [0.1, 0.15) is 23.3 Å². The molecule has 0 bridgehead atoms. The summed E-state index contributed by atoms with van der Waals surface area (Å²) in [5.41, 5.74) is 0. The number of carbonyl (C=O) groups excluding carboxylic acids is 1. The summed E-state index contributed by atoms with van der Waals surface area (Å²) < 4.78 is 0. The van der Waals surface area contributed by atoms with Crippen LogP contribution in [0.5, 0.6) is 0 Å². The van der Waals surface area contributed by atoms with Crippen molar-refractivity contribution in [2.24, 2.45) is 0 Å². The number of nitrogens with one attached hydrogen (secondary N) is 1. The molecule has 2 aromatic heterocycles. The van der Waals surface area contributed by atoms with Crippen LogP contribution in [0, 0.1) is 0 Å². The smallest absolute Gasteiger partial charge is 0.229 e. The van der Waals surface area contributed by atoms with Gasteiger partial charge in [-0.2, -0.15) is 19.9 Å². The third-order valence-corrected chi connectivity index (χ3v) is 6.62. The molecule has 13 heteroatoms. The summed E-state index contributed by atoms with van der Waals surface area (Å²) in [6.45, 7) is 8.51. The molecule has 2 aliphatic rings. The quantitative estimate of drug-likeness (QED) is 0.543. The lowest BCUT2D eigenvalue weighted by Crippen LogP contribution is -2.48. The standard InChI is InChI=1S/C14H24N6O.C12H22N6/c1-11(21)19-6-8-20(9-7-19)14-15-12(17(2)3)10-13(16-14)18(4)5;1-16(2)10-9-11(17(3)4)15-12(14-10)18-7-5-13-6-8-18/h10H,6-9H2,1-5H3;9,13H,5-8H2,1-4H3. The first-order valence-corrected chi connectivity index (χ1v) is 13.4. The fraction of sp³-hybridized carbons (Fsp3) is 0.654. The number of amides is 1. The van der Waals surface area contributed by atoms with Gasteiger partial charge in [0.05, 0.1) is 0 Å². The first kappa shape index (κ1) is 29.9. The lowest BCUT2D eigenvalue weighted by atomic mass is 10.3. The zero-order valence-electron chi connectivity index (χ0n) is 25.1. The van der Waals surface area contributed by atoms with Gasteiger partial charge in [-0.15, -0.1) is 0 Å². The molecule has 0 aliphatic carbocycles. The van der Waals surface area contributed by atoms with Gasteiger partial charge in [-0.3, -0.25) is 4.79 Å². The highest BCUT2D eigenvalue weighted by Crippen LogP contribution is 2.22. The van der Waals surface area contributed by atoms with Gasteiger partial charge in [0, 0.05) is 128 Å². The number of rotatable bonds is 6. The van der Waals surface area contributed by atoms with Crippen LogP contribution in [0.1, 0.15) is 6.92 Å². The Morgan fingerprint density at radius 2 is 0.949 bits per heavy atom. The van der Waals surface area contributed by atoms with Crippen LogP contribution in [0.4, 0.5) is 35.2 Å². The third-order valence-electron chi connectivity index (χ3n) is 6.62. The van der Waals surface area contributed by atoms with Crippen LogP contribution in [0.3, 0.4) is 0 Å². The number of carbonyl (C=O) groups is 1. The maximum Gasteiger partial charge on any atom is 0.229 e. The fourth-order valence-electron chi connectivity index (χ4n) is 4.11. The van der Waals surface area contributed by atoms with Crippen LogP contribution < -0.4 is 34.7 Å². The molecule has 4 heterocycles. The molecule has 0 spiro atoms. The van der Waals surface area contributed by atoms with Crippen molar-refractivity contribution in [1.29, 1.82) is 0 Å². The van der Waals surface area contributed by atoms with Crippen LogP contribution in [-0.2, 0) is 4.79 Å². The maximum absolute atomic E-state index is 11.4. The Bertz CT molecular complexity index is 1020. The Hall–Kier alpha value is -3.61. The molecule has 0 radical (unpaired) electrons. The van der Waals surface area contributed by atoms with Crippen molar-refractivity contribution in [2.45, 2.75) is 6.92 Å². The minimum absolute atomic E-state index is 0.131. The highest BCUT2D eigenvalue weighted by Gasteiger charge is 2.22. The van der Waals surface area contributed by atoms with E-state index in [9.17, 15) is 4.79 Å². The second kappa shape index (κ2) is 13.5. The molecule has 39 heavy (non-hydrogen) atoms. The average molecular weight is 543 g/mol. The minimum atomic E-state index is 0.131. The Balaban J connectivity index is 0.000000218. The van der Waals surface area contributed by atoms with Crippen molar-refractivity contribution >= 4 is 41.1 Å². The van der Waals surface area contributed by atoms with Crippen LogP contribution in [0.25, 0.3) is 0 Å². The van der Waals surface area contributed by atoms with Gasteiger partial charge in [0.15, 0.2) is 0 Å². The molecule has 13 nitrogen and oxygen atoms in total. The molecule has 0 aromatic carbocycles. The molecular weight excluding hydrogens is 496 g/mol. The number of nitrogens with zero attached hydrogens (tertiary/aromatic N) is 11. The summed E-state index contributed by atoms with van der Waals surface area (Å²) in [7, 11) is 15.9. The first-order valence-electron chi connectivity index (χ1n) is 13.4. The summed E-state index contributed by atoms with van der Waals surface area (Å²) in [4.78, 5) is 44.1. The number of anilines is 6. The highest BCUT2D eigenvalue weighted by molar-refractivity contribution is 5.73. The van der Waals surface area contributed by atoms with E-state index < -0.39 is 0 Å². The normalized spacial score (nSPS) is 15.4. The topological polar surface area (TPSA) is 103 Å². The van der Waals surface area contributed by atoms with Gasteiger partial charge in [-0.25, -0.2) is 0 Å². The van der Waals surface area contributed by atoms with Gasteiger partial charge in [0.25, 0.3) is 0 Å². The Morgan fingerprint density at radius 1 is 0.615 bits per heavy atom. The molecule has 1 N–H and O–H groups in total. The van der Waals surface area contributed by atoms with Crippen molar-refractivity contribution in [2.75, 3.05) is 138 Å². The van der Waals surface area contributed by atoms with Crippen LogP contribution in [0.2, 0.25) is 0 Å². The van der Waals surface area contributed by atoms with E-state index in [1.807, 2.05) is 93.0 Å². The Labute approximate surface area is 233 Å². The van der Waals surface area contributed by atoms with Gasteiger partial charge >= 0.3 is 0 Å². The van der Waals surface area contributed by atoms with Crippen molar-refractivity contribution in [1.82, 2.24) is 30.2 Å². The van der Waals surface area contributed by atoms with Crippen molar-refractivity contribution in [3.05, 3.63) is 12.1 Å². The maximum atomic E-state index is 11.4. The van der Waals surface area contributed by atoms with E-state index in [4.69, 9.17) is 0 Å². The summed E-state index contributed by atoms with van der Waals surface area (Å²) in [6.07, 6.45) is 0. The van der Waals surface area contributed by atoms with E-state index in [2.05, 4.69) is 35.1 Å². The van der Waals surface area contributed by atoms with E-state index in [0.29, 0.717) is 0 Å². The number of piperazine rings is 2. The zero-order chi connectivity index (χ0) is 28.7. The van der Waals surface area contributed by atoms with Crippen LogP contribution in [-0.4, -0.2) is 139 Å². The molecule has 2 fully saturated rings. The van der Waals surface area contributed by atoms with Crippen molar-refractivity contribution < 1.29 is 4.79 Å². The molecule has 0 unspecified atom stereocenters. The molecule has 1 amide bonds. The van der Waals surface area contributed by atoms with Gasteiger partial charge in [-0.1, -0.05) is 0 Å². The summed E-state index contributed by atoms with van der Waals surface area (Å²) in [5, 5.41) is 3.34. The van der Waals surface area contributed by atoms with Crippen molar-refractivity contribution in [3.63, 3.8) is 0 Å². The van der Waals surface area contributed by atoms with Gasteiger partial charge in [0.2, 0.25) is 17.8 Å². The largest absolute Gasteiger partial charge is 0.363 e. The van der Waals surface area contributed by atoms with E-state index in [0.717, 1.165) is 87.5 Å². The van der Waals surface area contributed by atoms with E-state index in [1.165, 1.54) is 0 Å². The van der Waals surface area contributed by atoms with E-state index in [1.54, 1.807) is 6.92 Å². The number of hydrogen-bond acceptors (Lipinski definition) is 12. The molecule has 2 aliphatic heterocycles. The fourth-order valence-corrected chi connectivity index (χ4v) is 4.11. The van der Waals surface area contributed by atoms with Gasteiger partial charge in [-0.05, 0) is 0 Å². The number of aromatic nitrogens is 4. The lowest BCUT2D eigenvalue weighted by Gasteiger charge is -2.34. The summed E-state index contributed by atoms with van der Waals surface area (Å²) >= 11 is 0. The monoisotopic (exact) mass is 542 g/mol. The Morgan fingerprint density at radius 3 is 1.26 bits per heavy atom. The van der Waals surface area contributed by atoms with Crippen LogP contribution in [0.15, 0.2) is 12.1 Å². The van der Waals surface area contributed by atoms with E-state index >= 15 is 0 Å². The molecule has 2 aromatic rings. The zero-order valence-corrected chi connectivity index (χ0v) is 25.1. The number of hydrogen-bond donors (Lipinski definition) is 1. The van der Waals surface area contributed by atoms with E-state index in [-0.39, 0.29) is 5.91 Å². The van der Waals surface area contributed by atoms with Gasteiger partial charge < -0.3 is 39.6 Å². The van der Waals surface area contributed by atoms with Crippen LogP contribution >= 0.6 is 0 Å². The third kappa shape index (κ3) is 8.19. The highest BCUT2D eigenvalue weighted by atomic mass is 16.2. The molecule has 216 valence electrons.